The van der Waals surface area contributed by atoms with E-state index in [0.29, 0.717) is 27.8 Å². The van der Waals surface area contributed by atoms with Crippen molar-refractivity contribution in [1.82, 2.24) is 10.2 Å². The lowest BCUT2D eigenvalue weighted by Crippen LogP contribution is -2.51. The number of benzene rings is 3. The summed E-state index contributed by atoms with van der Waals surface area (Å²) < 4.78 is 39.6. The van der Waals surface area contributed by atoms with Crippen LogP contribution < -0.4 is 9.62 Å². The van der Waals surface area contributed by atoms with Crippen molar-refractivity contribution in [2.75, 3.05) is 23.7 Å². The molecule has 3 aromatic carbocycles. The van der Waals surface area contributed by atoms with Crippen molar-refractivity contribution in [3.05, 3.63) is 99.8 Å². The Hall–Kier alpha value is -3.14. The first kappa shape index (κ1) is 33.4. The molecule has 0 heterocycles. The summed E-state index contributed by atoms with van der Waals surface area (Å²) in [7, 11) is -3.71. The first-order valence-electron chi connectivity index (χ1n) is 13.6. The Balaban J connectivity index is 1.92. The number of hydrogen-bond donors (Lipinski definition) is 1. The van der Waals surface area contributed by atoms with Gasteiger partial charge in [-0.1, -0.05) is 73.4 Å². The van der Waals surface area contributed by atoms with Crippen LogP contribution in [0.1, 0.15) is 37.8 Å². The van der Waals surface area contributed by atoms with E-state index in [9.17, 15) is 22.4 Å². The summed E-state index contributed by atoms with van der Waals surface area (Å²) in [5, 5.41) is 3.68. The minimum Gasteiger partial charge on any atom is -0.354 e. The summed E-state index contributed by atoms with van der Waals surface area (Å²) >= 11 is 13.0. The number of nitrogens with zero attached hydrogens (tertiary/aromatic N) is 2. The smallest absolute Gasteiger partial charge is 0.243 e. The second kappa shape index (κ2) is 15.4. The fraction of sp³-hybridized carbons (Fsp3) is 0.355. The monoisotopic (exact) mass is 635 g/mol. The molecule has 1 unspecified atom stereocenters. The quantitative estimate of drug-likeness (QED) is 0.232. The minimum atomic E-state index is -3.71. The highest BCUT2D eigenvalue weighted by Gasteiger charge is 2.31. The van der Waals surface area contributed by atoms with Gasteiger partial charge >= 0.3 is 0 Å². The maximum absolute atomic E-state index is 13.9. The van der Waals surface area contributed by atoms with Crippen molar-refractivity contribution >= 4 is 50.7 Å². The Labute approximate surface area is 257 Å². The summed E-state index contributed by atoms with van der Waals surface area (Å²) in [5.41, 5.74) is 1.67. The lowest BCUT2D eigenvalue weighted by molar-refractivity contribution is -0.141. The van der Waals surface area contributed by atoms with Gasteiger partial charge in [0.05, 0.1) is 11.9 Å². The third-order valence-electron chi connectivity index (χ3n) is 6.61. The molecule has 0 aliphatic carbocycles. The highest BCUT2D eigenvalue weighted by Crippen LogP contribution is 2.28. The fourth-order valence-corrected chi connectivity index (χ4v) is 5.92. The summed E-state index contributed by atoms with van der Waals surface area (Å²) in [4.78, 5) is 29.0. The molecule has 11 heteroatoms. The zero-order chi connectivity index (χ0) is 30.9. The lowest BCUT2D eigenvalue weighted by atomic mass is 10.0. The van der Waals surface area contributed by atoms with Gasteiger partial charge in [0.25, 0.3) is 0 Å². The minimum absolute atomic E-state index is 0.0141. The largest absolute Gasteiger partial charge is 0.354 e. The van der Waals surface area contributed by atoms with Gasteiger partial charge in [-0.15, -0.1) is 0 Å². The van der Waals surface area contributed by atoms with Crippen LogP contribution in [0.15, 0.2) is 72.8 Å². The van der Waals surface area contributed by atoms with Crippen molar-refractivity contribution in [3.63, 3.8) is 0 Å². The summed E-state index contributed by atoms with van der Waals surface area (Å²) in [6.07, 6.45) is 1.40. The molecule has 0 spiro atoms. The van der Waals surface area contributed by atoms with E-state index in [2.05, 4.69) is 5.32 Å². The number of carbonyl (C=O) groups excluding carboxylic acids is 2. The van der Waals surface area contributed by atoms with Crippen molar-refractivity contribution in [2.24, 2.45) is 5.92 Å². The van der Waals surface area contributed by atoms with Crippen LogP contribution in [0.2, 0.25) is 10.0 Å². The zero-order valence-corrected chi connectivity index (χ0v) is 26.2. The number of sulfonamides is 1. The lowest BCUT2D eigenvalue weighted by Gasteiger charge is -2.32. The van der Waals surface area contributed by atoms with E-state index in [1.807, 2.05) is 44.2 Å². The average Bonchev–Trinajstić information content (AvgIpc) is 2.93. The first-order valence-corrected chi connectivity index (χ1v) is 16.2. The fourth-order valence-electron chi connectivity index (χ4n) is 4.44. The summed E-state index contributed by atoms with van der Waals surface area (Å²) in [6.45, 7) is 4.36. The maximum atomic E-state index is 13.9. The highest BCUT2D eigenvalue weighted by atomic mass is 35.5. The molecule has 0 bridgehead atoms. The molecule has 226 valence electrons. The number of halogens is 3. The Morgan fingerprint density at radius 1 is 0.929 bits per heavy atom. The Kier molecular flexibility index (Phi) is 12.2. The molecule has 2 amide bonds. The zero-order valence-electron chi connectivity index (χ0n) is 23.9. The molecule has 1 atom stereocenters. The molecule has 0 fully saturated rings. The molecule has 0 aliphatic heterocycles. The Morgan fingerprint density at radius 2 is 1.55 bits per heavy atom. The molecule has 0 saturated carbocycles. The molecule has 7 nitrogen and oxygen atoms in total. The van der Waals surface area contributed by atoms with Gasteiger partial charge in [-0.05, 0) is 54.3 Å². The van der Waals surface area contributed by atoms with Gasteiger partial charge in [-0.2, -0.15) is 0 Å². The SMILES string of the molecule is CC(C)CNC(=O)C(Cc1ccccc1)N(Cc1c(Cl)cccc1Cl)C(=O)CCCN(c1ccc(F)cc1)S(C)(=O)=O. The van der Waals surface area contributed by atoms with Gasteiger partial charge in [-0.25, -0.2) is 12.8 Å². The van der Waals surface area contributed by atoms with E-state index in [4.69, 9.17) is 23.2 Å². The molecule has 0 aromatic heterocycles. The molecule has 0 aliphatic rings. The van der Waals surface area contributed by atoms with Crippen molar-refractivity contribution in [2.45, 2.75) is 45.7 Å². The van der Waals surface area contributed by atoms with E-state index < -0.39 is 21.9 Å². The Morgan fingerprint density at radius 3 is 2.12 bits per heavy atom. The van der Waals surface area contributed by atoms with E-state index in [-0.39, 0.29) is 50.1 Å². The van der Waals surface area contributed by atoms with Crippen LogP contribution in [0.3, 0.4) is 0 Å². The summed E-state index contributed by atoms with van der Waals surface area (Å²) in [5.74, 6) is -0.967. The molecular weight excluding hydrogens is 600 g/mol. The number of rotatable bonds is 14. The third-order valence-corrected chi connectivity index (χ3v) is 8.51. The van der Waals surface area contributed by atoms with E-state index >= 15 is 0 Å². The topological polar surface area (TPSA) is 86.8 Å². The first-order chi connectivity index (χ1) is 19.9. The van der Waals surface area contributed by atoms with Crippen molar-refractivity contribution < 1.29 is 22.4 Å². The number of anilines is 1. The predicted octanol–water partition coefficient (Wildman–Crippen LogP) is 6.09. The maximum Gasteiger partial charge on any atom is 0.243 e. The van der Waals surface area contributed by atoms with Crippen molar-refractivity contribution in [1.29, 1.82) is 0 Å². The van der Waals surface area contributed by atoms with Crippen LogP contribution in [-0.4, -0.2) is 50.5 Å². The van der Waals surface area contributed by atoms with Crippen LogP contribution in [0.4, 0.5) is 10.1 Å². The third kappa shape index (κ3) is 9.71. The number of hydrogen-bond acceptors (Lipinski definition) is 4. The van der Waals surface area contributed by atoms with Gasteiger partial charge in [-0.3, -0.25) is 13.9 Å². The van der Waals surface area contributed by atoms with E-state index in [1.54, 1.807) is 18.2 Å². The van der Waals surface area contributed by atoms with Gasteiger partial charge in [0.15, 0.2) is 0 Å². The molecule has 3 aromatic rings. The predicted molar refractivity (Wildman–Crippen MR) is 167 cm³/mol. The van der Waals surface area contributed by atoms with Crippen LogP contribution >= 0.6 is 23.2 Å². The highest BCUT2D eigenvalue weighted by molar-refractivity contribution is 7.92. The molecule has 3 rings (SSSR count). The number of amides is 2. The second-order valence-electron chi connectivity index (χ2n) is 10.5. The van der Waals surface area contributed by atoms with Gasteiger partial charge < -0.3 is 10.2 Å². The molecule has 0 saturated heterocycles. The number of nitrogens with one attached hydrogen (secondary N) is 1. The summed E-state index contributed by atoms with van der Waals surface area (Å²) in [6, 6.07) is 18.6. The second-order valence-corrected chi connectivity index (χ2v) is 13.2. The molecular formula is C31H36Cl2FN3O4S. The van der Waals surface area contributed by atoms with Crippen molar-refractivity contribution in [3.8, 4) is 0 Å². The Bertz CT molecular complexity index is 1430. The van der Waals surface area contributed by atoms with Crippen LogP contribution in [-0.2, 0) is 32.6 Å². The van der Waals surface area contributed by atoms with Gasteiger partial charge in [0, 0.05) is 48.1 Å². The normalized spacial score (nSPS) is 12.2. The van der Waals surface area contributed by atoms with E-state index in [0.717, 1.165) is 16.1 Å². The van der Waals surface area contributed by atoms with E-state index in [1.165, 1.54) is 29.2 Å². The molecule has 0 radical (unpaired) electrons. The number of carbonyl (C=O) groups is 2. The average molecular weight is 637 g/mol. The molecule has 1 N–H and O–H groups in total. The van der Waals surface area contributed by atoms with Crippen LogP contribution in [0.25, 0.3) is 0 Å². The standard InChI is InChI=1S/C31H36Cl2FN3O4S/c1-22(2)20-35-31(39)29(19-23-9-5-4-6-10-23)36(21-26-27(32)11-7-12-28(26)33)30(38)13-8-18-37(42(3,40)41)25-16-14-24(34)15-17-25/h4-7,9-12,14-17,22,29H,8,13,18-21H2,1-3H3,(H,35,39). The van der Waals surface area contributed by atoms with Crippen LogP contribution in [0, 0.1) is 11.7 Å². The molecule has 42 heavy (non-hydrogen) atoms. The van der Waals surface area contributed by atoms with Crippen LogP contribution in [0.5, 0.6) is 0 Å². The van der Waals surface area contributed by atoms with Gasteiger partial charge in [0.2, 0.25) is 21.8 Å². The van der Waals surface area contributed by atoms with Gasteiger partial charge in [0.1, 0.15) is 11.9 Å².